The highest BCUT2D eigenvalue weighted by atomic mass is 15.4. The molecular weight excluding hydrogens is 262 g/mol. The Hall–Kier alpha value is -1.72. The second-order valence-electron chi connectivity index (χ2n) is 6.23. The molecule has 5 nitrogen and oxygen atoms in total. The van der Waals surface area contributed by atoms with E-state index in [0.29, 0.717) is 0 Å². The molecule has 0 bridgehead atoms. The second-order valence-corrected chi connectivity index (χ2v) is 6.23. The van der Waals surface area contributed by atoms with E-state index in [0.717, 1.165) is 24.5 Å². The van der Waals surface area contributed by atoms with Crippen molar-refractivity contribution < 1.29 is 0 Å². The maximum absolute atomic E-state index is 6.59. The molecule has 0 amide bonds. The molecule has 21 heavy (non-hydrogen) atoms. The van der Waals surface area contributed by atoms with Gasteiger partial charge < -0.3 is 5.73 Å². The van der Waals surface area contributed by atoms with Gasteiger partial charge in [-0.1, -0.05) is 23.4 Å². The van der Waals surface area contributed by atoms with Crippen LogP contribution in [0.25, 0.3) is 5.69 Å². The molecule has 112 valence electrons. The first-order valence-electron chi connectivity index (χ1n) is 7.57. The first-order valence-corrected chi connectivity index (χ1v) is 7.57. The van der Waals surface area contributed by atoms with E-state index in [1.165, 1.54) is 12.8 Å². The zero-order valence-electron chi connectivity index (χ0n) is 12.7. The zero-order valence-corrected chi connectivity index (χ0v) is 12.7. The fourth-order valence-corrected chi connectivity index (χ4v) is 3.08. The Labute approximate surface area is 125 Å². The monoisotopic (exact) mass is 285 g/mol. The minimum atomic E-state index is -0.134. The Bertz CT molecular complexity index is 584. The van der Waals surface area contributed by atoms with Crippen molar-refractivity contribution in [2.45, 2.75) is 38.3 Å². The lowest BCUT2D eigenvalue weighted by atomic mass is 9.91. The third-order valence-corrected chi connectivity index (χ3v) is 4.58. The number of benzene rings is 1. The minimum absolute atomic E-state index is 0.106. The van der Waals surface area contributed by atoms with Crippen molar-refractivity contribution in [1.29, 1.82) is 0 Å². The smallest absolute Gasteiger partial charge is 0.0831 e. The molecule has 0 aliphatic carbocycles. The fraction of sp³-hybridized carbons (Fsp3) is 0.500. The van der Waals surface area contributed by atoms with Crippen molar-refractivity contribution in [3.63, 3.8) is 0 Å². The van der Waals surface area contributed by atoms with E-state index in [9.17, 15) is 0 Å². The van der Waals surface area contributed by atoms with Gasteiger partial charge in [0.05, 0.1) is 23.6 Å². The number of para-hydroxylation sites is 1. The normalized spacial score (nSPS) is 18.0. The van der Waals surface area contributed by atoms with Crippen LogP contribution in [0.4, 0.5) is 0 Å². The fourth-order valence-electron chi connectivity index (χ4n) is 3.08. The summed E-state index contributed by atoms with van der Waals surface area (Å²) in [6, 6.07) is 9.90. The van der Waals surface area contributed by atoms with Gasteiger partial charge in [0.1, 0.15) is 0 Å². The summed E-state index contributed by atoms with van der Waals surface area (Å²) in [7, 11) is 0. The third-order valence-electron chi connectivity index (χ3n) is 4.58. The van der Waals surface area contributed by atoms with Gasteiger partial charge in [0.25, 0.3) is 0 Å². The Kier molecular flexibility index (Phi) is 3.78. The molecule has 1 aromatic heterocycles. The van der Waals surface area contributed by atoms with Gasteiger partial charge in [-0.3, -0.25) is 4.90 Å². The van der Waals surface area contributed by atoms with E-state index in [1.807, 2.05) is 35.0 Å². The van der Waals surface area contributed by atoms with Gasteiger partial charge in [0, 0.05) is 5.54 Å². The quantitative estimate of drug-likeness (QED) is 0.935. The van der Waals surface area contributed by atoms with Crippen LogP contribution < -0.4 is 5.73 Å². The third kappa shape index (κ3) is 2.59. The lowest BCUT2D eigenvalue weighted by molar-refractivity contribution is 0.121. The molecule has 1 unspecified atom stereocenters. The average molecular weight is 285 g/mol. The van der Waals surface area contributed by atoms with Gasteiger partial charge in [-0.05, 0) is 51.9 Å². The summed E-state index contributed by atoms with van der Waals surface area (Å²) < 4.78 is 1.85. The van der Waals surface area contributed by atoms with Gasteiger partial charge in [-0.15, -0.1) is 5.10 Å². The summed E-state index contributed by atoms with van der Waals surface area (Å²) in [4.78, 5) is 2.47. The molecule has 1 atom stereocenters. The predicted molar refractivity (Wildman–Crippen MR) is 83.2 cm³/mol. The largest absolute Gasteiger partial charge is 0.321 e. The number of hydrogen-bond donors (Lipinski definition) is 1. The van der Waals surface area contributed by atoms with Gasteiger partial charge in [-0.25, -0.2) is 4.68 Å². The van der Waals surface area contributed by atoms with Gasteiger partial charge in [-0.2, -0.15) is 0 Å². The second kappa shape index (κ2) is 5.58. The molecule has 2 aromatic rings. The first-order chi connectivity index (χ1) is 10.1. The molecule has 5 heteroatoms. The highest BCUT2D eigenvalue weighted by Gasteiger charge is 2.37. The molecular formula is C16H23N5. The summed E-state index contributed by atoms with van der Waals surface area (Å²) >= 11 is 0. The van der Waals surface area contributed by atoms with Gasteiger partial charge >= 0.3 is 0 Å². The van der Waals surface area contributed by atoms with E-state index in [-0.39, 0.29) is 11.6 Å². The number of nitrogens with zero attached hydrogens (tertiary/aromatic N) is 4. The van der Waals surface area contributed by atoms with Crippen molar-refractivity contribution in [3.05, 3.63) is 42.2 Å². The minimum Gasteiger partial charge on any atom is -0.321 e. The number of aromatic nitrogens is 3. The summed E-state index contributed by atoms with van der Waals surface area (Å²) in [5.74, 6) is 0. The summed E-state index contributed by atoms with van der Waals surface area (Å²) in [5, 5.41) is 8.29. The maximum atomic E-state index is 6.59. The molecule has 1 fully saturated rings. The molecule has 0 saturated carbocycles. The zero-order chi connectivity index (χ0) is 14.9. The molecule has 1 aliphatic heterocycles. The van der Waals surface area contributed by atoms with E-state index in [1.54, 1.807) is 6.20 Å². The van der Waals surface area contributed by atoms with Crippen LogP contribution in [-0.4, -0.2) is 38.5 Å². The summed E-state index contributed by atoms with van der Waals surface area (Å²) in [5.41, 5.74) is 8.44. The van der Waals surface area contributed by atoms with Crippen LogP contribution in [0, 0.1) is 0 Å². The number of nitrogens with two attached hydrogens (primary N) is 1. The van der Waals surface area contributed by atoms with Crippen LogP contribution in [0.15, 0.2) is 36.5 Å². The highest BCUT2D eigenvalue weighted by Crippen LogP contribution is 2.32. The number of likely N-dealkylation sites (tertiary alicyclic amines) is 1. The predicted octanol–water partition coefficient (Wildman–Crippen LogP) is 2.14. The van der Waals surface area contributed by atoms with Crippen molar-refractivity contribution in [1.82, 2.24) is 19.9 Å². The van der Waals surface area contributed by atoms with Crippen molar-refractivity contribution >= 4 is 0 Å². The van der Waals surface area contributed by atoms with Crippen LogP contribution in [-0.2, 0) is 0 Å². The standard InChI is InChI=1S/C16H23N5/c1-16(2,20-10-6-7-11-20)15(17)14-12-18-19-21(14)13-8-4-3-5-9-13/h3-5,8-9,12,15H,6-7,10-11,17H2,1-2H3. The lowest BCUT2D eigenvalue weighted by Crippen LogP contribution is -2.50. The molecule has 1 aliphatic rings. The molecule has 2 heterocycles. The number of rotatable bonds is 4. The lowest BCUT2D eigenvalue weighted by Gasteiger charge is -2.40. The molecule has 1 aromatic carbocycles. The summed E-state index contributed by atoms with van der Waals surface area (Å²) in [6.07, 6.45) is 4.30. The van der Waals surface area contributed by atoms with E-state index in [4.69, 9.17) is 5.73 Å². The van der Waals surface area contributed by atoms with Gasteiger partial charge in [0.15, 0.2) is 0 Å². The molecule has 1 saturated heterocycles. The van der Waals surface area contributed by atoms with Crippen molar-refractivity contribution in [3.8, 4) is 5.69 Å². The van der Waals surface area contributed by atoms with E-state index in [2.05, 4.69) is 29.1 Å². The van der Waals surface area contributed by atoms with E-state index >= 15 is 0 Å². The number of hydrogen-bond acceptors (Lipinski definition) is 4. The van der Waals surface area contributed by atoms with Crippen molar-refractivity contribution in [2.75, 3.05) is 13.1 Å². The Balaban J connectivity index is 1.92. The van der Waals surface area contributed by atoms with Crippen molar-refractivity contribution in [2.24, 2.45) is 5.73 Å². The Morgan fingerprint density at radius 1 is 1.14 bits per heavy atom. The van der Waals surface area contributed by atoms with Crippen LogP contribution in [0.1, 0.15) is 38.4 Å². The average Bonchev–Trinajstić information content (AvgIpc) is 3.18. The van der Waals surface area contributed by atoms with Crippen LogP contribution in [0.3, 0.4) is 0 Å². The Morgan fingerprint density at radius 3 is 2.48 bits per heavy atom. The topological polar surface area (TPSA) is 60.0 Å². The SMILES string of the molecule is CC(C)(C(N)c1cnnn1-c1ccccc1)N1CCCC1. The van der Waals surface area contributed by atoms with Gasteiger partial charge in [0.2, 0.25) is 0 Å². The van der Waals surface area contributed by atoms with Crippen LogP contribution >= 0.6 is 0 Å². The van der Waals surface area contributed by atoms with Crippen LogP contribution in [0.2, 0.25) is 0 Å². The highest BCUT2D eigenvalue weighted by molar-refractivity contribution is 5.32. The molecule has 2 N–H and O–H groups in total. The summed E-state index contributed by atoms with van der Waals surface area (Å²) in [6.45, 7) is 6.66. The molecule has 0 radical (unpaired) electrons. The first kappa shape index (κ1) is 14.2. The Morgan fingerprint density at radius 2 is 1.81 bits per heavy atom. The maximum Gasteiger partial charge on any atom is 0.0831 e. The molecule has 0 spiro atoms. The van der Waals surface area contributed by atoms with E-state index < -0.39 is 0 Å². The molecule has 3 rings (SSSR count). The van der Waals surface area contributed by atoms with Crippen LogP contribution in [0.5, 0.6) is 0 Å².